The minimum atomic E-state index is -0.996. The van der Waals surface area contributed by atoms with Crippen molar-refractivity contribution in [3.05, 3.63) is 27.2 Å². The lowest BCUT2D eigenvalue weighted by molar-refractivity contribution is -0.159. The van der Waals surface area contributed by atoms with E-state index in [2.05, 4.69) is 5.32 Å². The number of likely N-dealkylation sites (tertiary alicyclic amines) is 1. The van der Waals surface area contributed by atoms with Gasteiger partial charge in [0.2, 0.25) is 5.91 Å². The van der Waals surface area contributed by atoms with Crippen molar-refractivity contribution in [1.82, 2.24) is 4.90 Å². The molecule has 9 heteroatoms. The highest BCUT2D eigenvalue weighted by Crippen LogP contribution is 2.33. The maximum absolute atomic E-state index is 12.4. The van der Waals surface area contributed by atoms with Gasteiger partial charge in [-0.3, -0.25) is 14.4 Å². The summed E-state index contributed by atoms with van der Waals surface area (Å²) < 4.78 is 5.32. The third kappa shape index (κ3) is 5.10. The summed E-state index contributed by atoms with van der Waals surface area (Å²) in [6.07, 6.45) is 2.03. The number of benzene rings is 1. The Labute approximate surface area is 178 Å². The Morgan fingerprint density at radius 3 is 2.21 bits per heavy atom. The molecule has 0 bridgehead atoms. The van der Waals surface area contributed by atoms with Gasteiger partial charge in [-0.15, -0.1) is 0 Å². The van der Waals surface area contributed by atoms with Gasteiger partial charge in [-0.25, -0.2) is 0 Å². The summed E-state index contributed by atoms with van der Waals surface area (Å²) in [5.74, 6) is -0.887. The molecule has 6 nitrogen and oxygen atoms in total. The van der Waals surface area contributed by atoms with Crippen LogP contribution >= 0.6 is 34.8 Å². The normalized spacial score (nSPS) is 18.5. The Hall–Kier alpha value is -1.50. The van der Waals surface area contributed by atoms with Crippen LogP contribution < -0.4 is 5.32 Å². The molecule has 152 valence electrons. The number of rotatable bonds is 5. The Morgan fingerprint density at radius 1 is 1.00 bits per heavy atom. The van der Waals surface area contributed by atoms with Gasteiger partial charge in [-0.1, -0.05) is 34.8 Å². The Balaban J connectivity index is 1.49. The predicted octanol–water partition coefficient (Wildman–Crippen LogP) is 4.17. The van der Waals surface area contributed by atoms with Crippen molar-refractivity contribution in [2.75, 3.05) is 18.4 Å². The zero-order valence-electron chi connectivity index (χ0n) is 15.3. The summed E-state index contributed by atoms with van der Waals surface area (Å²) >= 11 is 17.9. The molecule has 1 aliphatic carbocycles. The van der Waals surface area contributed by atoms with Crippen molar-refractivity contribution < 1.29 is 19.1 Å². The van der Waals surface area contributed by atoms with Crippen molar-refractivity contribution in [1.29, 1.82) is 0 Å². The second-order valence-corrected chi connectivity index (χ2v) is 8.41. The predicted molar refractivity (Wildman–Crippen MR) is 108 cm³/mol. The number of hydrogen-bond donors (Lipinski definition) is 1. The summed E-state index contributed by atoms with van der Waals surface area (Å²) in [4.78, 5) is 38.6. The highest BCUT2D eigenvalue weighted by molar-refractivity contribution is 6.44. The molecule has 0 radical (unpaired) electrons. The molecule has 1 aliphatic heterocycles. The monoisotopic (exact) mass is 446 g/mol. The van der Waals surface area contributed by atoms with E-state index in [1.54, 1.807) is 0 Å². The van der Waals surface area contributed by atoms with Crippen LogP contribution in [0.4, 0.5) is 5.69 Å². The Morgan fingerprint density at radius 2 is 1.61 bits per heavy atom. The van der Waals surface area contributed by atoms with Crippen LogP contribution in [0, 0.1) is 11.8 Å². The van der Waals surface area contributed by atoms with Crippen molar-refractivity contribution >= 4 is 58.3 Å². The van der Waals surface area contributed by atoms with Gasteiger partial charge in [-0.05, 0) is 44.7 Å². The van der Waals surface area contributed by atoms with E-state index in [-0.39, 0.29) is 38.5 Å². The van der Waals surface area contributed by atoms with Crippen LogP contribution in [0.25, 0.3) is 0 Å². The van der Waals surface area contributed by atoms with E-state index < -0.39 is 18.0 Å². The number of hydrogen-bond acceptors (Lipinski definition) is 4. The van der Waals surface area contributed by atoms with Crippen LogP contribution in [0.3, 0.4) is 0 Å². The standard InChI is InChI=1S/C19H21Cl3N2O4/c1-10(17(25)23-16-9-14(21)13(20)8-15(16)22)28-19(27)12-4-6-24(7-5-12)18(26)11-2-3-11/h8-12H,2-7H2,1H3,(H,23,25). The van der Waals surface area contributed by atoms with Gasteiger partial charge in [0, 0.05) is 19.0 Å². The molecule has 0 spiro atoms. The average Bonchev–Trinajstić information content (AvgIpc) is 3.50. The van der Waals surface area contributed by atoms with Crippen LogP contribution in [0.5, 0.6) is 0 Å². The van der Waals surface area contributed by atoms with Crippen molar-refractivity contribution in [2.24, 2.45) is 11.8 Å². The zero-order valence-corrected chi connectivity index (χ0v) is 17.6. The van der Waals surface area contributed by atoms with Crippen LogP contribution in [-0.4, -0.2) is 41.9 Å². The highest BCUT2D eigenvalue weighted by Gasteiger charge is 2.36. The number of carbonyl (C=O) groups is 3. The van der Waals surface area contributed by atoms with E-state index in [9.17, 15) is 14.4 Å². The lowest BCUT2D eigenvalue weighted by Crippen LogP contribution is -2.42. The quantitative estimate of drug-likeness (QED) is 0.543. The average molecular weight is 448 g/mol. The van der Waals surface area contributed by atoms with E-state index in [1.807, 2.05) is 4.90 Å². The molecule has 1 saturated carbocycles. The maximum Gasteiger partial charge on any atom is 0.309 e. The minimum Gasteiger partial charge on any atom is -0.452 e. The van der Waals surface area contributed by atoms with Gasteiger partial charge in [-0.2, -0.15) is 0 Å². The molecule has 1 unspecified atom stereocenters. The fraction of sp³-hybridized carbons (Fsp3) is 0.526. The van der Waals surface area contributed by atoms with Crippen LogP contribution in [0.15, 0.2) is 12.1 Å². The van der Waals surface area contributed by atoms with Gasteiger partial charge in [0.05, 0.1) is 26.7 Å². The van der Waals surface area contributed by atoms with Gasteiger partial charge in [0.15, 0.2) is 6.10 Å². The zero-order chi connectivity index (χ0) is 20.4. The molecule has 3 rings (SSSR count). The first kappa shape index (κ1) is 21.2. The topological polar surface area (TPSA) is 75.7 Å². The molecule has 2 amide bonds. The number of nitrogens with one attached hydrogen (secondary N) is 1. The van der Waals surface area contributed by atoms with Gasteiger partial charge < -0.3 is 15.0 Å². The third-order valence-corrected chi connectivity index (χ3v) is 6.03. The molecule has 1 N–H and O–H groups in total. The molecule has 2 fully saturated rings. The number of esters is 1. The lowest BCUT2D eigenvalue weighted by atomic mass is 9.96. The number of anilines is 1. The number of amides is 2. The number of carbonyl (C=O) groups excluding carboxylic acids is 3. The Bertz CT molecular complexity index is 790. The summed E-state index contributed by atoms with van der Waals surface area (Å²) in [7, 11) is 0. The maximum atomic E-state index is 12.4. The van der Waals surface area contributed by atoms with Gasteiger partial charge >= 0.3 is 5.97 Å². The number of halogens is 3. The van der Waals surface area contributed by atoms with Crippen LogP contribution in [-0.2, 0) is 19.1 Å². The molecular formula is C19H21Cl3N2O4. The van der Waals surface area contributed by atoms with Crippen molar-refractivity contribution in [2.45, 2.75) is 38.7 Å². The second kappa shape index (κ2) is 8.89. The van der Waals surface area contributed by atoms with E-state index in [0.717, 1.165) is 12.8 Å². The minimum absolute atomic E-state index is 0.181. The van der Waals surface area contributed by atoms with Gasteiger partial charge in [0.25, 0.3) is 5.91 Å². The molecule has 2 aliphatic rings. The first-order valence-corrected chi connectivity index (χ1v) is 10.3. The highest BCUT2D eigenvalue weighted by atomic mass is 35.5. The molecule has 0 aromatic heterocycles. The Kier molecular flexibility index (Phi) is 6.73. The molecule has 28 heavy (non-hydrogen) atoms. The largest absolute Gasteiger partial charge is 0.452 e. The van der Waals surface area contributed by atoms with E-state index in [0.29, 0.717) is 25.9 Å². The first-order valence-electron chi connectivity index (χ1n) is 9.21. The van der Waals surface area contributed by atoms with Crippen LogP contribution in [0.2, 0.25) is 15.1 Å². The number of ether oxygens (including phenoxy) is 1. The second-order valence-electron chi connectivity index (χ2n) is 7.19. The lowest BCUT2D eigenvalue weighted by Gasteiger charge is -2.31. The molecular weight excluding hydrogens is 427 g/mol. The van der Waals surface area contributed by atoms with E-state index in [1.165, 1.54) is 19.1 Å². The molecule has 1 heterocycles. The van der Waals surface area contributed by atoms with Crippen LogP contribution in [0.1, 0.15) is 32.6 Å². The smallest absolute Gasteiger partial charge is 0.309 e. The summed E-state index contributed by atoms with van der Waals surface area (Å²) in [6.45, 7) is 2.59. The molecule has 1 saturated heterocycles. The van der Waals surface area contributed by atoms with Crippen molar-refractivity contribution in [3.63, 3.8) is 0 Å². The molecule has 1 aromatic rings. The van der Waals surface area contributed by atoms with Crippen molar-refractivity contribution in [3.8, 4) is 0 Å². The number of piperidine rings is 1. The molecule has 1 atom stereocenters. The molecule has 1 aromatic carbocycles. The number of nitrogens with zero attached hydrogens (tertiary/aromatic N) is 1. The first-order chi connectivity index (χ1) is 13.3. The fourth-order valence-corrected chi connectivity index (χ4v) is 3.69. The SMILES string of the molecule is CC(OC(=O)C1CCN(C(=O)C2CC2)CC1)C(=O)Nc1cc(Cl)c(Cl)cc1Cl. The summed E-state index contributed by atoms with van der Waals surface area (Å²) in [6, 6.07) is 2.86. The van der Waals surface area contributed by atoms with Gasteiger partial charge in [0.1, 0.15) is 0 Å². The third-order valence-electron chi connectivity index (χ3n) is 5.00. The van der Waals surface area contributed by atoms with E-state index in [4.69, 9.17) is 39.5 Å². The fourth-order valence-electron chi connectivity index (χ4n) is 3.10. The van der Waals surface area contributed by atoms with E-state index >= 15 is 0 Å². The summed E-state index contributed by atoms with van der Waals surface area (Å²) in [5.41, 5.74) is 0.288. The summed E-state index contributed by atoms with van der Waals surface area (Å²) in [5, 5.41) is 3.34.